The summed E-state index contributed by atoms with van der Waals surface area (Å²) in [6.45, 7) is 3.57. The third-order valence-corrected chi connectivity index (χ3v) is 11.1. The van der Waals surface area contributed by atoms with E-state index in [1.807, 2.05) is 0 Å². The Morgan fingerprint density at radius 2 is 0.969 bits per heavy atom. The average Bonchev–Trinajstić information content (AvgIpc) is 3.29. The summed E-state index contributed by atoms with van der Waals surface area (Å²) >= 11 is 0. The molecule has 0 aromatic heterocycles. The van der Waals surface area contributed by atoms with Crippen molar-refractivity contribution in [3.8, 4) is 0 Å². The van der Waals surface area contributed by atoms with Gasteiger partial charge in [-0.2, -0.15) is 0 Å². The van der Waals surface area contributed by atoms with E-state index < -0.39 is 49.5 Å². The van der Waals surface area contributed by atoms with Crippen LogP contribution in [0.25, 0.3) is 0 Å². The average molecular weight is 894 g/mol. The first kappa shape index (κ1) is 58.9. The van der Waals surface area contributed by atoms with Crippen molar-refractivity contribution in [2.45, 2.75) is 217 Å². The van der Waals surface area contributed by atoms with E-state index in [-0.39, 0.29) is 12.5 Å². The van der Waals surface area contributed by atoms with Gasteiger partial charge in [-0.05, 0) is 83.5 Å². The first-order valence-corrected chi connectivity index (χ1v) is 25.1. The van der Waals surface area contributed by atoms with E-state index in [1.165, 1.54) is 32.1 Å². The van der Waals surface area contributed by atoms with Crippen LogP contribution >= 0.6 is 0 Å². The Morgan fingerprint density at radius 1 is 0.547 bits per heavy atom. The van der Waals surface area contributed by atoms with Crippen LogP contribution in [0.1, 0.15) is 174 Å². The van der Waals surface area contributed by atoms with Gasteiger partial charge in [0.1, 0.15) is 24.4 Å². The van der Waals surface area contributed by atoms with Gasteiger partial charge in [0.2, 0.25) is 5.91 Å². The van der Waals surface area contributed by atoms with Crippen molar-refractivity contribution in [2.75, 3.05) is 13.2 Å². The number of carbonyl (C=O) groups excluding carboxylic acids is 1. The fraction of sp³-hybridized carbons (Fsp3) is 0.655. The van der Waals surface area contributed by atoms with Gasteiger partial charge in [-0.3, -0.25) is 4.79 Å². The minimum atomic E-state index is -1.56. The second-order valence-corrected chi connectivity index (χ2v) is 16.9. The van der Waals surface area contributed by atoms with Crippen LogP contribution in [0.2, 0.25) is 0 Å². The van der Waals surface area contributed by atoms with Crippen LogP contribution < -0.4 is 5.32 Å². The summed E-state index contributed by atoms with van der Waals surface area (Å²) in [5.74, 6) is -0.166. The summed E-state index contributed by atoms with van der Waals surface area (Å²) in [5, 5.41) is 53.8. The normalized spacial score (nSPS) is 21.0. The lowest BCUT2D eigenvalue weighted by Crippen LogP contribution is -2.60. The van der Waals surface area contributed by atoms with Crippen molar-refractivity contribution < 1.29 is 39.8 Å². The molecule has 0 saturated carbocycles. The summed E-state index contributed by atoms with van der Waals surface area (Å²) in [4.78, 5) is 12.8. The minimum Gasteiger partial charge on any atom is -0.394 e. The molecule has 6 N–H and O–H groups in total. The van der Waals surface area contributed by atoms with E-state index in [0.717, 1.165) is 116 Å². The summed E-state index contributed by atoms with van der Waals surface area (Å²) in [5.41, 5.74) is 0. The number of nitrogens with one attached hydrogen (secondary N) is 1. The molecule has 364 valence electrons. The molecular formula is C55H91NO8. The van der Waals surface area contributed by atoms with Crippen LogP contribution in [0.4, 0.5) is 0 Å². The SMILES string of the molecule is CC/C=C\C/C=C\C/C=C\C/C=C\C/C=C\C/C=C\C/C=C\C/C=C\C/C=C\CCCCCCCCCCCC(=O)NC(COC1OC(CO)C(O)C(O)C1O)C(O)CCCCCC. The van der Waals surface area contributed by atoms with E-state index in [2.05, 4.69) is 129 Å². The second-order valence-electron chi connectivity index (χ2n) is 16.9. The van der Waals surface area contributed by atoms with E-state index in [9.17, 15) is 30.3 Å². The molecule has 1 aliphatic heterocycles. The number of hydrogen-bond acceptors (Lipinski definition) is 8. The number of carbonyl (C=O) groups is 1. The van der Waals surface area contributed by atoms with Gasteiger partial charge in [-0.25, -0.2) is 0 Å². The second kappa shape index (κ2) is 43.7. The molecule has 7 unspecified atom stereocenters. The quantitative estimate of drug-likeness (QED) is 0.0263. The smallest absolute Gasteiger partial charge is 0.220 e. The van der Waals surface area contributed by atoms with Gasteiger partial charge < -0.3 is 40.3 Å². The summed E-state index contributed by atoms with van der Waals surface area (Å²) in [6, 6.07) is -0.725. The lowest BCUT2D eigenvalue weighted by atomic mass is 9.99. The number of rotatable bonds is 40. The highest BCUT2D eigenvalue weighted by Gasteiger charge is 2.44. The zero-order valence-corrected chi connectivity index (χ0v) is 40.0. The highest BCUT2D eigenvalue weighted by Crippen LogP contribution is 2.23. The zero-order chi connectivity index (χ0) is 46.6. The Kier molecular flexibility index (Phi) is 40.2. The van der Waals surface area contributed by atoms with Crippen LogP contribution in [0.5, 0.6) is 0 Å². The molecule has 0 aliphatic carbocycles. The van der Waals surface area contributed by atoms with Gasteiger partial charge in [0, 0.05) is 6.42 Å². The summed E-state index contributed by atoms with van der Waals surface area (Å²) in [6.07, 6.45) is 57.6. The molecule has 0 aromatic rings. The molecule has 1 fully saturated rings. The van der Waals surface area contributed by atoms with Gasteiger partial charge in [0.25, 0.3) is 0 Å². The van der Waals surface area contributed by atoms with Crippen LogP contribution in [0, 0.1) is 0 Å². The van der Waals surface area contributed by atoms with Crippen LogP contribution in [-0.2, 0) is 14.3 Å². The molecule has 7 atom stereocenters. The molecule has 0 bridgehead atoms. The van der Waals surface area contributed by atoms with Crippen molar-refractivity contribution in [1.82, 2.24) is 5.32 Å². The monoisotopic (exact) mass is 894 g/mol. The van der Waals surface area contributed by atoms with Crippen molar-refractivity contribution in [2.24, 2.45) is 0 Å². The molecule has 1 aliphatic rings. The lowest BCUT2D eigenvalue weighted by Gasteiger charge is -2.40. The number of hydrogen-bond donors (Lipinski definition) is 6. The van der Waals surface area contributed by atoms with E-state index in [0.29, 0.717) is 12.8 Å². The maximum atomic E-state index is 12.8. The lowest BCUT2D eigenvalue weighted by molar-refractivity contribution is -0.302. The van der Waals surface area contributed by atoms with Gasteiger partial charge >= 0.3 is 0 Å². The van der Waals surface area contributed by atoms with Gasteiger partial charge in [0.15, 0.2) is 6.29 Å². The summed E-state index contributed by atoms with van der Waals surface area (Å²) in [7, 11) is 0. The number of aliphatic hydroxyl groups excluding tert-OH is 5. The number of allylic oxidation sites excluding steroid dienone is 18. The molecule has 64 heavy (non-hydrogen) atoms. The van der Waals surface area contributed by atoms with Crippen LogP contribution in [0.3, 0.4) is 0 Å². The van der Waals surface area contributed by atoms with Gasteiger partial charge in [0.05, 0.1) is 25.4 Å². The molecule has 1 rings (SSSR count). The third-order valence-electron chi connectivity index (χ3n) is 11.1. The maximum absolute atomic E-state index is 12.8. The van der Waals surface area contributed by atoms with Crippen LogP contribution in [0.15, 0.2) is 109 Å². The number of amides is 1. The molecule has 1 amide bonds. The molecule has 9 nitrogen and oxygen atoms in total. The Balaban J connectivity index is 2.06. The Hall–Kier alpha value is -3.15. The van der Waals surface area contributed by atoms with Crippen molar-refractivity contribution >= 4 is 5.91 Å². The Bertz CT molecular complexity index is 1360. The van der Waals surface area contributed by atoms with Crippen molar-refractivity contribution in [3.63, 3.8) is 0 Å². The fourth-order valence-electron chi connectivity index (χ4n) is 7.15. The number of unbranched alkanes of at least 4 members (excludes halogenated alkanes) is 12. The standard InChI is InChI=1S/C55H91NO8/c1-3-5-7-9-10-11-12-13-14-15-16-17-18-19-20-21-22-23-24-25-26-27-28-29-30-31-32-33-34-35-36-37-38-39-40-41-43-45-51(59)56-48(49(58)44-42-8-6-4-2)47-63-55-54(62)53(61)52(60)50(46-57)64-55/h5,7,10-11,13-14,16-17,19-20,22-23,25-26,28-29,31-32,48-50,52-55,57-58,60-62H,3-4,6,8-9,12,15,18,21,24,27,30,33-47H2,1-2H3,(H,56,59)/b7-5-,11-10-,14-13-,17-16-,20-19-,23-22-,26-25-,29-28-,32-31-. The topological polar surface area (TPSA) is 149 Å². The van der Waals surface area contributed by atoms with Gasteiger partial charge in [-0.15, -0.1) is 0 Å². The molecule has 9 heteroatoms. The maximum Gasteiger partial charge on any atom is 0.220 e. The first-order chi connectivity index (χ1) is 31.3. The van der Waals surface area contributed by atoms with Crippen molar-refractivity contribution in [1.29, 1.82) is 0 Å². The van der Waals surface area contributed by atoms with Gasteiger partial charge in [-0.1, -0.05) is 194 Å². The zero-order valence-electron chi connectivity index (χ0n) is 40.0. The predicted molar refractivity (Wildman–Crippen MR) is 267 cm³/mol. The highest BCUT2D eigenvalue weighted by atomic mass is 16.7. The largest absolute Gasteiger partial charge is 0.394 e. The molecule has 0 aromatic carbocycles. The molecule has 0 spiro atoms. The van der Waals surface area contributed by atoms with E-state index in [1.54, 1.807) is 0 Å². The summed E-state index contributed by atoms with van der Waals surface area (Å²) < 4.78 is 11.1. The minimum absolute atomic E-state index is 0.150. The predicted octanol–water partition coefficient (Wildman–Crippen LogP) is 11.4. The highest BCUT2D eigenvalue weighted by molar-refractivity contribution is 5.76. The fourth-order valence-corrected chi connectivity index (χ4v) is 7.15. The third kappa shape index (κ3) is 33.3. The van der Waals surface area contributed by atoms with Crippen molar-refractivity contribution in [3.05, 3.63) is 109 Å². The Morgan fingerprint density at radius 3 is 1.42 bits per heavy atom. The Labute approximate surface area is 389 Å². The molecular weight excluding hydrogens is 803 g/mol. The number of aliphatic hydroxyl groups is 5. The molecule has 1 heterocycles. The van der Waals surface area contributed by atoms with Crippen LogP contribution in [-0.4, -0.2) is 87.5 Å². The molecule has 1 saturated heterocycles. The van der Waals surface area contributed by atoms with E-state index in [4.69, 9.17) is 9.47 Å². The van der Waals surface area contributed by atoms with E-state index >= 15 is 0 Å². The molecule has 0 radical (unpaired) electrons. The number of ether oxygens (including phenoxy) is 2. The first-order valence-electron chi connectivity index (χ1n) is 25.1.